The fourth-order valence-electron chi connectivity index (χ4n) is 11.7. The van der Waals surface area contributed by atoms with Gasteiger partial charge < -0.3 is 9.80 Å². The highest BCUT2D eigenvalue weighted by atomic mass is 15.2. The van der Waals surface area contributed by atoms with Crippen LogP contribution in [-0.2, 0) is 10.8 Å². The number of nitrogens with zero attached hydrogens (tertiary/aromatic N) is 2. The van der Waals surface area contributed by atoms with Gasteiger partial charge in [-0.15, -0.1) is 0 Å². The smallest absolute Gasteiger partial charge is 0.0746 e. The van der Waals surface area contributed by atoms with E-state index in [1.165, 1.54) is 83.2 Å². The van der Waals surface area contributed by atoms with Crippen molar-refractivity contribution < 1.29 is 0 Å². The van der Waals surface area contributed by atoms with E-state index in [1.807, 2.05) is 0 Å². The summed E-state index contributed by atoms with van der Waals surface area (Å²) in [5.41, 5.74) is 21.8. The molecule has 0 fully saturated rings. The Hall–Kier alpha value is -7.94. The fourth-order valence-corrected chi connectivity index (χ4v) is 11.7. The first-order chi connectivity index (χ1) is 31.5. The molecule has 302 valence electrons. The summed E-state index contributed by atoms with van der Waals surface area (Å²) in [6, 6.07) is 85.8. The van der Waals surface area contributed by atoms with Crippen molar-refractivity contribution >= 4 is 44.9 Å². The molecule has 0 aromatic heterocycles. The summed E-state index contributed by atoms with van der Waals surface area (Å²) < 4.78 is 0. The first kappa shape index (κ1) is 36.7. The Labute approximate surface area is 375 Å². The summed E-state index contributed by atoms with van der Waals surface area (Å²) in [6.07, 6.45) is 0. The maximum absolute atomic E-state index is 2.56. The number of hydrogen-bond donors (Lipinski definition) is 0. The predicted molar refractivity (Wildman–Crippen MR) is 267 cm³/mol. The molecule has 1 atom stereocenters. The van der Waals surface area contributed by atoms with E-state index < -0.39 is 5.41 Å². The van der Waals surface area contributed by atoms with Gasteiger partial charge in [-0.2, -0.15) is 0 Å². The second-order valence-electron chi connectivity index (χ2n) is 18.0. The summed E-state index contributed by atoms with van der Waals surface area (Å²) in [5.74, 6) is 0. The van der Waals surface area contributed by atoms with E-state index in [9.17, 15) is 0 Å². The molecule has 64 heavy (non-hydrogen) atoms. The van der Waals surface area contributed by atoms with Crippen LogP contribution >= 0.6 is 0 Å². The average Bonchev–Trinajstić information content (AvgIpc) is 3.91. The second kappa shape index (κ2) is 13.8. The van der Waals surface area contributed by atoms with Gasteiger partial charge in [-0.1, -0.05) is 178 Å². The third-order valence-electron chi connectivity index (χ3n) is 14.4. The highest BCUT2D eigenvalue weighted by Gasteiger charge is 2.54. The predicted octanol–water partition coefficient (Wildman–Crippen LogP) is 16.4. The molecule has 3 aliphatic rings. The molecule has 1 unspecified atom stereocenters. The molecule has 2 nitrogen and oxygen atoms in total. The SMILES string of the molecule is CC1(C)c2ccccc2-c2ccc(N(c3ccccc3)c3cc4ccccc4c4c3C3(c5ccccc5-c5cc(N(c6ccccc6)c6ccccc6)ccc53)c3ccccc3-4)cc21. The van der Waals surface area contributed by atoms with Gasteiger partial charge in [0.25, 0.3) is 0 Å². The van der Waals surface area contributed by atoms with Gasteiger partial charge in [0.15, 0.2) is 0 Å². The third-order valence-corrected chi connectivity index (χ3v) is 14.4. The van der Waals surface area contributed by atoms with Crippen LogP contribution in [0, 0.1) is 0 Å². The molecule has 0 amide bonds. The number of benzene rings is 10. The third kappa shape index (κ3) is 5.02. The quantitative estimate of drug-likeness (QED) is 0.165. The van der Waals surface area contributed by atoms with Crippen molar-refractivity contribution in [3.8, 4) is 33.4 Å². The Morgan fingerprint density at radius 2 is 0.781 bits per heavy atom. The summed E-state index contributed by atoms with van der Waals surface area (Å²) in [5, 5.41) is 2.49. The molecule has 1 spiro atoms. The standard InChI is InChI=1S/C62H44N2/c1-61(2)53-31-17-14-28-48(53)50-36-34-46(40-57(50)61)64(44-25-10-5-11-26-44)58-38-41-20-12-13-27-47(41)59-51-30-16-19-33-55(51)62(60(58)59)54-32-18-15-29-49(54)52-39-45(35-37-56(52)62)63(42-21-6-3-7-22-42)43-23-8-4-9-24-43/h3-40H,1-2H3. The summed E-state index contributed by atoms with van der Waals surface area (Å²) in [7, 11) is 0. The normalized spacial score (nSPS) is 15.5. The molecule has 2 heteroatoms. The molecule has 0 bridgehead atoms. The van der Waals surface area contributed by atoms with E-state index in [0.29, 0.717) is 0 Å². The van der Waals surface area contributed by atoms with Crippen LogP contribution < -0.4 is 9.80 Å². The van der Waals surface area contributed by atoms with Crippen LogP contribution in [0.3, 0.4) is 0 Å². The number of rotatable bonds is 6. The molecular weight excluding hydrogens is 773 g/mol. The van der Waals surface area contributed by atoms with Crippen molar-refractivity contribution in [1.82, 2.24) is 0 Å². The molecule has 0 N–H and O–H groups in total. The van der Waals surface area contributed by atoms with E-state index in [-0.39, 0.29) is 5.41 Å². The Kier molecular flexibility index (Phi) is 7.90. The van der Waals surface area contributed by atoms with E-state index >= 15 is 0 Å². The van der Waals surface area contributed by atoms with E-state index in [4.69, 9.17) is 0 Å². The Morgan fingerprint density at radius 3 is 1.45 bits per heavy atom. The lowest BCUT2D eigenvalue weighted by Gasteiger charge is -2.36. The minimum Gasteiger partial charge on any atom is -0.310 e. The van der Waals surface area contributed by atoms with Crippen molar-refractivity contribution in [3.05, 3.63) is 264 Å². The summed E-state index contributed by atoms with van der Waals surface area (Å²) in [6.45, 7) is 4.76. The van der Waals surface area contributed by atoms with Crippen molar-refractivity contribution in [2.45, 2.75) is 24.7 Å². The molecule has 10 aromatic carbocycles. The monoisotopic (exact) mass is 816 g/mol. The Balaban J connectivity index is 1.13. The largest absolute Gasteiger partial charge is 0.310 e. The first-order valence-corrected chi connectivity index (χ1v) is 22.4. The highest BCUT2D eigenvalue weighted by molar-refractivity contribution is 6.11. The van der Waals surface area contributed by atoms with Gasteiger partial charge in [0.05, 0.1) is 11.1 Å². The van der Waals surface area contributed by atoms with Crippen molar-refractivity contribution in [3.63, 3.8) is 0 Å². The molecule has 0 aliphatic heterocycles. The van der Waals surface area contributed by atoms with Crippen LogP contribution in [0.25, 0.3) is 44.2 Å². The van der Waals surface area contributed by atoms with Crippen LogP contribution in [0.1, 0.15) is 47.2 Å². The van der Waals surface area contributed by atoms with Crippen LogP contribution in [0.15, 0.2) is 231 Å². The molecule has 3 aliphatic carbocycles. The van der Waals surface area contributed by atoms with E-state index in [0.717, 1.165) is 28.4 Å². The van der Waals surface area contributed by atoms with Crippen molar-refractivity contribution in [1.29, 1.82) is 0 Å². The molecular formula is C62H44N2. The maximum Gasteiger partial charge on any atom is 0.0746 e. The average molecular weight is 817 g/mol. The van der Waals surface area contributed by atoms with Gasteiger partial charge in [0, 0.05) is 39.4 Å². The number of anilines is 6. The Morgan fingerprint density at radius 1 is 0.312 bits per heavy atom. The lowest BCUT2D eigenvalue weighted by Crippen LogP contribution is -2.28. The van der Waals surface area contributed by atoms with E-state index in [1.54, 1.807) is 0 Å². The Bertz CT molecular complexity index is 3440. The maximum atomic E-state index is 2.56. The van der Waals surface area contributed by atoms with Gasteiger partial charge in [-0.05, 0) is 139 Å². The number of para-hydroxylation sites is 3. The van der Waals surface area contributed by atoms with Gasteiger partial charge in [0.1, 0.15) is 0 Å². The van der Waals surface area contributed by atoms with Crippen LogP contribution in [-0.4, -0.2) is 0 Å². The van der Waals surface area contributed by atoms with Gasteiger partial charge >= 0.3 is 0 Å². The van der Waals surface area contributed by atoms with Crippen molar-refractivity contribution in [2.24, 2.45) is 0 Å². The zero-order valence-corrected chi connectivity index (χ0v) is 35.8. The molecule has 0 saturated carbocycles. The molecule has 0 heterocycles. The summed E-state index contributed by atoms with van der Waals surface area (Å²) in [4.78, 5) is 4.94. The molecule has 10 aromatic rings. The minimum atomic E-state index is -0.612. The van der Waals surface area contributed by atoms with Gasteiger partial charge in [0.2, 0.25) is 0 Å². The summed E-state index contributed by atoms with van der Waals surface area (Å²) >= 11 is 0. The second-order valence-corrected chi connectivity index (χ2v) is 18.0. The first-order valence-electron chi connectivity index (χ1n) is 22.4. The topological polar surface area (TPSA) is 6.48 Å². The van der Waals surface area contributed by atoms with Crippen LogP contribution in [0.5, 0.6) is 0 Å². The number of fused-ring (bicyclic) bond motifs is 15. The minimum absolute atomic E-state index is 0.151. The zero-order valence-electron chi connectivity index (χ0n) is 35.8. The highest BCUT2D eigenvalue weighted by Crippen LogP contribution is 2.67. The fraction of sp³-hybridized carbons (Fsp3) is 0.0645. The van der Waals surface area contributed by atoms with Gasteiger partial charge in [-0.25, -0.2) is 0 Å². The van der Waals surface area contributed by atoms with Crippen molar-refractivity contribution in [2.75, 3.05) is 9.80 Å². The van der Waals surface area contributed by atoms with E-state index in [2.05, 4.69) is 254 Å². The van der Waals surface area contributed by atoms with Crippen LogP contribution in [0.2, 0.25) is 0 Å². The zero-order chi connectivity index (χ0) is 42.6. The lowest BCUT2D eigenvalue weighted by atomic mass is 9.69. The number of hydrogen-bond acceptors (Lipinski definition) is 2. The molecule has 0 radical (unpaired) electrons. The van der Waals surface area contributed by atoms with Gasteiger partial charge in [-0.3, -0.25) is 0 Å². The molecule has 13 rings (SSSR count). The molecule has 0 saturated heterocycles. The van der Waals surface area contributed by atoms with Crippen LogP contribution in [0.4, 0.5) is 34.1 Å². The lowest BCUT2D eigenvalue weighted by molar-refractivity contribution is 0.660.